The molecule has 2 nitrogen and oxygen atoms in total. The van der Waals surface area contributed by atoms with Crippen LogP contribution in [0.4, 0.5) is 4.39 Å². The van der Waals surface area contributed by atoms with Crippen molar-refractivity contribution in [3.05, 3.63) is 64.9 Å². The van der Waals surface area contributed by atoms with Crippen molar-refractivity contribution in [3.8, 4) is 0 Å². The molecule has 0 bridgehead atoms. The fourth-order valence-corrected chi connectivity index (χ4v) is 3.75. The third-order valence-electron chi connectivity index (χ3n) is 2.98. The Bertz CT molecular complexity index is 606. The summed E-state index contributed by atoms with van der Waals surface area (Å²) in [6.45, 7) is 0.431. The molecule has 2 atom stereocenters. The molecule has 2 N–H and O–H groups in total. The fraction of sp³-hybridized carbons (Fsp3) is 0.200. The van der Waals surface area contributed by atoms with Gasteiger partial charge in [-0.05, 0) is 36.7 Å². The van der Waals surface area contributed by atoms with E-state index in [1.165, 1.54) is 18.2 Å². The lowest BCUT2D eigenvalue weighted by atomic mass is 10.1. The molecule has 5 heteroatoms. The third-order valence-corrected chi connectivity index (χ3v) is 5.01. The smallest absolute Gasteiger partial charge is 0.141 e. The van der Waals surface area contributed by atoms with E-state index in [0.29, 0.717) is 17.9 Å². The molecule has 20 heavy (non-hydrogen) atoms. The average Bonchev–Trinajstić information content (AvgIpc) is 2.48. The summed E-state index contributed by atoms with van der Waals surface area (Å²) in [4.78, 5) is 0.513. The molecule has 106 valence electrons. The first kappa shape index (κ1) is 15.2. The van der Waals surface area contributed by atoms with Crippen molar-refractivity contribution < 1.29 is 8.60 Å². The number of hydrogen-bond acceptors (Lipinski definition) is 2. The average molecular weight is 312 g/mol. The Kier molecular flexibility index (Phi) is 5.29. The Morgan fingerprint density at radius 1 is 1.20 bits per heavy atom. The van der Waals surface area contributed by atoms with E-state index in [1.54, 1.807) is 0 Å². The van der Waals surface area contributed by atoms with Crippen molar-refractivity contribution >= 4 is 22.4 Å². The lowest BCUT2D eigenvalue weighted by molar-refractivity contribution is 0.626. The molecule has 2 aromatic rings. The monoisotopic (exact) mass is 311 g/mol. The van der Waals surface area contributed by atoms with Crippen molar-refractivity contribution in [2.24, 2.45) is 5.73 Å². The second-order valence-corrected chi connectivity index (χ2v) is 6.39. The normalized spacial score (nSPS) is 13.9. The fourth-order valence-electron chi connectivity index (χ4n) is 1.98. The Morgan fingerprint density at radius 3 is 2.50 bits per heavy atom. The summed E-state index contributed by atoms with van der Waals surface area (Å²) >= 11 is 5.75. The SMILES string of the molecule is NCCC(c1ccccc1)S(=O)c1ccc(F)c(Cl)c1. The lowest BCUT2D eigenvalue weighted by Crippen LogP contribution is -2.12. The van der Waals surface area contributed by atoms with Crippen LogP contribution in [0.1, 0.15) is 17.2 Å². The molecular weight excluding hydrogens is 297 g/mol. The largest absolute Gasteiger partial charge is 0.330 e. The van der Waals surface area contributed by atoms with Crippen LogP contribution in [0.25, 0.3) is 0 Å². The number of benzene rings is 2. The Balaban J connectivity index is 2.34. The van der Waals surface area contributed by atoms with Crippen LogP contribution < -0.4 is 5.73 Å². The minimum Gasteiger partial charge on any atom is -0.330 e. The molecule has 0 radical (unpaired) electrons. The summed E-state index contributed by atoms with van der Waals surface area (Å²) in [5.74, 6) is -0.512. The van der Waals surface area contributed by atoms with Gasteiger partial charge in [0, 0.05) is 4.90 Å². The maximum absolute atomic E-state index is 13.2. The molecule has 0 aliphatic heterocycles. The zero-order valence-corrected chi connectivity index (χ0v) is 12.3. The van der Waals surface area contributed by atoms with Crippen molar-refractivity contribution in [2.45, 2.75) is 16.6 Å². The molecule has 2 unspecified atom stereocenters. The maximum atomic E-state index is 13.2. The molecule has 0 aromatic heterocycles. The van der Waals surface area contributed by atoms with Crippen LogP contribution in [-0.4, -0.2) is 10.8 Å². The van der Waals surface area contributed by atoms with E-state index in [-0.39, 0.29) is 10.3 Å². The minimum atomic E-state index is -1.32. The number of rotatable bonds is 5. The highest BCUT2D eigenvalue weighted by atomic mass is 35.5. The highest BCUT2D eigenvalue weighted by Crippen LogP contribution is 2.29. The van der Waals surface area contributed by atoms with Crippen molar-refractivity contribution in [1.29, 1.82) is 0 Å². The topological polar surface area (TPSA) is 43.1 Å². The molecule has 2 rings (SSSR count). The lowest BCUT2D eigenvalue weighted by Gasteiger charge is -2.16. The Hall–Kier alpha value is -1.23. The Labute approximate surface area is 125 Å². The van der Waals surface area contributed by atoms with Crippen molar-refractivity contribution in [3.63, 3.8) is 0 Å². The van der Waals surface area contributed by atoms with Crippen molar-refractivity contribution in [1.82, 2.24) is 0 Å². The molecule has 0 saturated heterocycles. The van der Waals surface area contributed by atoms with Gasteiger partial charge in [0.15, 0.2) is 0 Å². The summed E-state index contributed by atoms with van der Waals surface area (Å²) in [5, 5.41) is -0.238. The zero-order chi connectivity index (χ0) is 14.5. The molecule has 0 aliphatic rings. The van der Waals surface area contributed by atoms with E-state index in [9.17, 15) is 8.60 Å². The van der Waals surface area contributed by atoms with Gasteiger partial charge in [0.1, 0.15) is 5.82 Å². The van der Waals surface area contributed by atoms with E-state index >= 15 is 0 Å². The molecule has 0 heterocycles. The van der Waals surface area contributed by atoms with Gasteiger partial charge in [-0.2, -0.15) is 0 Å². The number of halogens is 2. The first-order valence-electron chi connectivity index (χ1n) is 6.24. The summed E-state index contributed by atoms with van der Waals surface area (Å²) < 4.78 is 25.9. The number of hydrogen-bond donors (Lipinski definition) is 1. The van der Waals surface area contributed by atoms with Crippen LogP contribution in [0.2, 0.25) is 5.02 Å². The van der Waals surface area contributed by atoms with Gasteiger partial charge < -0.3 is 5.73 Å². The molecule has 0 saturated carbocycles. The van der Waals surface area contributed by atoms with Gasteiger partial charge in [-0.1, -0.05) is 41.9 Å². The van der Waals surface area contributed by atoms with Gasteiger partial charge in [0.05, 0.1) is 21.1 Å². The van der Waals surface area contributed by atoms with E-state index < -0.39 is 16.6 Å². The van der Waals surface area contributed by atoms with Gasteiger partial charge in [-0.3, -0.25) is 4.21 Å². The third kappa shape index (κ3) is 3.45. The van der Waals surface area contributed by atoms with Crippen LogP contribution in [0.15, 0.2) is 53.4 Å². The highest BCUT2D eigenvalue weighted by molar-refractivity contribution is 7.85. The van der Waals surface area contributed by atoms with Gasteiger partial charge >= 0.3 is 0 Å². The molecule has 2 aromatic carbocycles. The van der Waals surface area contributed by atoms with E-state index in [2.05, 4.69) is 0 Å². The van der Waals surface area contributed by atoms with Crippen LogP contribution in [0.3, 0.4) is 0 Å². The summed E-state index contributed by atoms with van der Waals surface area (Å²) in [7, 11) is -1.32. The first-order chi connectivity index (χ1) is 9.63. The molecule has 0 aliphatic carbocycles. The Morgan fingerprint density at radius 2 is 1.90 bits per heavy atom. The predicted octanol–water partition coefficient (Wildman–Crippen LogP) is 3.68. The number of nitrogens with two attached hydrogens (primary N) is 1. The molecule has 0 fully saturated rings. The summed E-state index contributed by atoms with van der Waals surface area (Å²) in [6, 6.07) is 13.7. The second-order valence-electron chi connectivity index (χ2n) is 4.35. The van der Waals surface area contributed by atoms with E-state index in [4.69, 9.17) is 17.3 Å². The quantitative estimate of drug-likeness (QED) is 0.915. The minimum absolute atomic E-state index is 0.0181. The van der Waals surface area contributed by atoms with Gasteiger partial charge in [-0.15, -0.1) is 0 Å². The van der Waals surface area contributed by atoms with Crippen molar-refractivity contribution in [2.75, 3.05) is 6.54 Å². The highest BCUT2D eigenvalue weighted by Gasteiger charge is 2.20. The van der Waals surface area contributed by atoms with Gasteiger partial charge in [-0.25, -0.2) is 4.39 Å². The maximum Gasteiger partial charge on any atom is 0.141 e. The van der Waals surface area contributed by atoms with E-state index in [1.807, 2.05) is 30.3 Å². The summed E-state index contributed by atoms with van der Waals surface area (Å²) in [5.41, 5.74) is 6.57. The predicted molar refractivity (Wildman–Crippen MR) is 80.7 cm³/mol. The van der Waals surface area contributed by atoms with Crippen LogP contribution in [0.5, 0.6) is 0 Å². The standard InChI is InChI=1S/C15H15ClFNOS/c16-13-10-12(6-7-14(13)17)20(19)15(8-9-18)11-4-2-1-3-5-11/h1-7,10,15H,8-9,18H2. The molecular formula is C15H15ClFNOS. The first-order valence-corrected chi connectivity index (χ1v) is 7.83. The van der Waals surface area contributed by atoms with Crippen LogP contribution in [-0.2, 0) is 10.8 Å². The van der Waals surface area contributed by atoms with E-state index in [0.717, 1.165) is 5.56 Å². The molecule has 0 amide bonds. The summed E-state index contributed by atoms with van der Waals surface area (Å²) in [6.07, 6.45) is 0.589. The second kappa shape index (κ2) is 6.97. The zero-order valence-electron chi connectivity index (χ0n) is 10.8. The molecule has 0 spiro atoms. The van der Waals surface area contributed by atoms with Gasteiger partial charge in [0.2, 0.25) is 0 Å². The van der Waals surface area contributed by atoms with Crippen LogP contribution in [0, 0.1) is 5.82 Å². The van der Waals surface area contributed by atoms with Crippen LogP contribution >= 0.6 is 11.6 Å². The van der Waals surface area contributed by atoms with Gasteiger partial charge in [0.25, 0.3) is 0 Å².